The predicted molar refractivity (Wildman–Crippen MR) is 164 cm³/mol. The van der Waals surface area contributed by atoms with Crippen molar-refractivity contribution >= 4 is 43.5 Å². The standard InChI is InChI=1S/C32H25F2N5O4S/c1-3-44(41,42)38-26-16-29-22(30(32(40)35-2)31(43-29)17-7-9-18(33)10-8-17)13-20(26)25-14-21-24(36-37-25)11-12-39-27-6-4-5-23(34)19(27)15-28(21)39/h4-10,13-16,38H,3,11-12H2,1-2H3,(H,35,40). The first-order valence-corrected chi connectivity index (χ1v) is 15.6. The predicted octanol–water partition coefficient (Wildman–Crippen LogP) is 6.13. The molecule has 0 atom stereocenters. The second kappa shape index (κ2) is 10.3. The van der Waals surface area contributed by atoms with E-state index in [0.717, 1.165) is 22.5 Å². The fourth-order valence-corrected chi connectivity index (χ4v) is 6.37. The van der Waals surface area contributed by atoms with Crippen LogP contribution in [0.5, 0.6) is 0 Å². The zero-order valence-electron chi connectivity index (χ0n) is 23.6. The van der Waals surface area contributed by atoms with Crippen molar-refractivity contribution in [2.24, 2.45) is 0 Å². The molecule has 7 rings (SSSR count). The lowest BCUT2D eigenvalue weighted by Crippen LogP contribution is -2.18. The number of hydrogen-bond acceptors (Lipinski definition) is 6. The van der Waals surface area contributed by atoms with Gasteiger partial charge in [-0.2, -0.15) is 10.2 Å². The number of carbonyl (C=O) groups is 1. The molecule has 0 bridgehead atoms. The van der Waals surface area contributed by atoms with Crippen molar-refractivity contribution in [2.45, 2.75) is 19.9 Å². The summed E-state index contributed by atoms with van der Waals surface area (Å²) in [7, 11) is -2.26. The summed E-state index contributed by atoms with van der Waals surface area (Å²) in [4.78, 5) is 13.2. The fourth-order valence-electron chi connectivity index (χ4n) is 5.72. The molecule has 0 unspecified atom stereocenters. The summed E-state index contributed by atoms with van der Waals surface area (Å²) in [6.45, 7) is 2.12. The molecule has 9 nitrogen and oxygen atoms in total. The Balaban J connectivity index is 1.47. The highest BCUT2D eigenvalue weighted by atomic mass is 32.2. The number of amides is 1. The van der Waals surface area contributed by atoms with Gasteiger partial charge in [0.2, 0.25) is 10.0 Å². The zero-order chi connectivity index (χ0) is 30.7. The van der Waals surface area contributed by atoms with E-state index < -0.39 is 21.7 Å². The largest absolute Gasteiger partial charge is 0.455 e. The molecule has 0 saturated carbocycles. The summed E-state index contributed by atoms with van der Waals surface area (Å²) in [6, 6.07) is 17.2. The van der Waals surface area contributed by atoms with Crippen molar-refractivity contribution in [3.63, 3.8) is 0 Å². The highest BCUT2D eigenvalue weighted by molar-refractivity contribution is 7.92. The fraction of sp³-hybridized carbons (Fsp3) is 0.156. The Morgan fingerprint density at radius 1 is 1.00 bits per heavy atom. The van der Waals surface area contributed by atoms with Crippen LogP contribution in [-0.2, 0) is 23.0 Å². The number of anilines is 1. The minimum absolute atomic E-state index is 0.180. The van der Waals surface area contributed by atoms with E-state index >= 15 is 0 Å². The molecule has 0 aliphatic carbocycles. The molecule has 44 heavy (non-hydrogen) atoms. The van der Waals surface area contributed by atoms with E-state index in [-0.39, 0.29) is 34.2 Å². The first-order valence-electron chi connectivity index (χ1n) is 13.9. The van der Waals surface area contributed by atoms with Crippen LogP contribution in [0, 0.1) is 11.6 Å². The van der Waals surface area contributed by atoms with Crippen LogP contribution in [0.25, 0.3) is 55.7 Å². The molecule has 222 valence electrons. The maximum atomic E-state index is 14.7. The Hall–Kier alpha value is -5.10. The normalized spacial score (nSPS) is 12.7. The Labute approximate surface area is 250 Å². The van der Waals surface area contributed by atoms with Gasteiger partial charge in [-0.05, 0) is 61.5 Å². The number of furan rings is 1. The third-order valence-corrected chi connectivity index (χ3v) is 9.21. The highest BCUT2D eigenvalue weighted by Crippen LogP contribution is 2.42. The van der Waals surface area contributed by atoms with Crippen LogP contribution in [0.1, 0.15) is 23.0 Å². The summed E-state index contributed by atoms with van der Waals surface area (Å²) < 4.78 is 64.7. The molecule has 1 aliphatic rings. The van der Waals surface area contributed by atoms with E-state index in [1.807, 2.05) is 10.6 Å². The summed E-state index contributed by atoms with van der Waals surface area (Å²) in [5, 5.41) is 12.5. The molecule has 12 heteroatoms. The number of nitrogens with one attached hydrogen (secondary N) is 2. The van der Waals surface area contributed by atoms with Gasteiger partial charge in [0.05, 0.1) is 39.6 Å². The van der Waals surface area contributed by atoms with E-state index in [4.69, 9.17) is 4.42 Å². The number of aromatic nitrogens is 3. The van der Waals surface area contributed by atoms with Crippen molar-refractivity contribution in [2.75, 3.05) is 17.5 Å². The van der Waals surface area contributed by atoms with Crippen LogP contribution in [-0.4, -0.2) is 41.9 Å². The van der Waals surface area contributed by atoms with Gasteiger partial charge in [0.1, 0.15) is 23.0 Å². The third-order valence-electron chi connectivity index (χ3n) is 7.92. The van der Waals surface area contributed by atoms with Crippen LogP contribution in [0.15, 0.2) is 71.1 Å². The summed E-state index contributed by atoms with van der Waals surface area (Å²) in [5.74, 6) is -1.21. The SMILES string of the molecule is CCS(=O)(=O)Nc1cc2oc(-c3ccc(F)cc3)c(C(=O)NC)c2cc1-c1cc2c(nn1)CCn1c-2cc2c(F)cccc21. The van der Waals surface area contributed by atoms with Gasteiger partial charge in [-0.25, -0.2) is 17.2 Å². The molecule has 1 amide bonds. The molecular formula is C32H25F2N5O4S. The first-order chi connectivity index (χ1) is 21.2. The van der Waals surface area contributed by atoms with Crippen LogP contribution in [0.3, 0.4) is 0 Å². The van der Waals surface area contributed by atoms with Crippen LogP contribution in [0.4, 0.5) is 14.5 Å². The van der Waals surface area contributed by atoms with Crippen molar-refractivity contribution in [1.82, 2.24) is 20.1 Å². The molecule has 0 radical (unpaired) electrons. The smallest absolute Gasteiger partial charge is 0.255 e. The van der Waals surface area contributed by atoms with E-state index in [9.17, 15) is 22.0 Å². The van der Waals surface area contributed by atoms with Gasteiger partial charge in [0, 0.05) is 53.5 Å². The van der Waals surface area contributed by atoms with Gasteiger partial charge in [-0.1, -0.05) is 6.07 Å². The Kier molecular flexibility index (Phi) is 6.47. The first kappa shape index (κ1) is 27.7. The lowest BCUT2D eigenvalue weighted by Gasteiger charge is -2.20. The molecule has 3 aromatic heterocycles. The van der Waals surface area contributed by atoms with E-state index in [2.05, 4.69) is 20.2 Å². The number of hydrogen-bond donors (Lipinski definition) is 2. The van der Waals surface area contributed by atoms with Gasteiger partial charge in [-0.15, -0.1) is 0 Å². The quantitative estimate of drug-likeness (QED) is 0.233. The van der Waals surface area contributed by atoms with Gasteiger partial charge in [0.25, 0.3) is 5.91 Å². The Morgan fingerprint density at radius 3 is 2.55 bits per heavy atom. The third kappa shape index (κ3) is 4.49. The summed E-state index contributed by atoms with van der Waals surface area (Å²) in [5.41, 5.74) is 4.79. The van der Waals surface area contributed by atoms with Crippen molar-refractivity contribution in [1.29, 1.82) is 0 Å². The number of rotatable bonds is 6. The molecule has 0 fully saturated rings. The number of benzene rings is 3. The molecule has 1 aliphatic heterocycles. The lowest BCUT2D eigenvalue weighted by atomic mass is 9.98. The molecule has 3 aromatic carbocycles. The van der Waals surface area contributed by atoms with Gasteiger partial charge < -0.3 is 14.3 Å². The molecular weight excluding hydrogens is 588 g/mol. The number of fused-ring (bicyclic) bond motifs is 6. The van der Waals surface area contributed by atoms with Gasteiger partial charge in [-0.3, -0.25) is 9.52 Å². The number of halogens is 2. The zero-order valence-corrected chi connectivity index (χ0v) is 24.4. The van der Waals surface area contributed by atoms with Crippen molar-refractivity contribution in [3.8, 4) is 33.8 Å². The number of nitrogens with zero attached hydrogens (tertiary/aromatic N) is 3. The van der Waals surface area contributed by atoms with Crippen LogP contribution < -0.4 is 10.0 Å². The number of carbonyl (C=O) groups excluding carboxylic acids is 1. The lowest BCUT2D eigenvalue weighted by molar-refractivity contribution is 0.0964. The van der Waals surface area contributed by atoms with E-state index in [1.165, 1.54) is 50.4 Å². The minimum Gasteiger partial charge on any atom is -0.455 e. The van der Waals surface area contributed by atoms with Gasteiger partial charge >= 0.3 is 0 Å². The van der Waals surface area contributed by atoms with Gasteiger partial charge in [0.15, 0.2) is 0 Å². The van der Waals surface area contributed by atoms with Crippen LogP contribution >= 0.6 is 0 Å². The Bertz CT molecular complexity index is 2240. The number of sulfonamides is 1. The topological polar surface area (TPSA) is 119 Å². The average Bonchev–Trinajstić information content (AvgIpc) is 3.60. The average molecular weight is 614 g/mol. The monoisotopic (exact) mass is 613 g/mol. The van der Waals surface area contributed by atoms with E-state index in [1.54, 1.807) is 24.3 Å². The maximum absolute atomic E-state index is 14.7. The maximum Gasteiger partial charge on any atom is 0.255 e. The minimum atomic E-state index is -3.75. The molecule has 6 aromatic rings. The summed E-state index contributed by atoms with van der Waals surface area (Å²) in [6.07, 6.45) is 0.577. The molecule has 2 N–H and O–H groups in total. The highest BCUT2D eigenvalue weighted by Gasteiger charge is 2.27. The van der Waals surface area contributed by atoms with Crippen molar-refractivity contribution in [3.05, 3.63) is 89.6 Å². The van der Waals surface area contributed by atoms with Crippen LogP contribution in [0.2, 0.25) is 0 Å². The molecule has 0 spiro atoms. The molecule has 0 saturated heterocycles. The number of aryl methyl sites for hydroxylation is 2. The van der Waals surface area contributed by atoms with Crippen molar-refractivity contribution < 1.29 is 26.4 Å². The van der Waals surface area contributed by atoms with E-state index in [0.29, 0.717) is 40.6 Å². The second-order valence-corrected chi connectivity index (χ2v) is 12.5. The molecule has 4 heterocycles. The summed E-state index contributed by atoms with van der Waals surface area (Å²) >= 11 is 0. The Morgan fingerprint density at radius 2 is 1.80 bits per heavy atom. The second-order valence-electron chi connectivity index (χ2n) is 10.5.